The maximum atomic E-state index is 10.6. The largest absolute Gasteiger partial charge is 0.475 e. The Morgan fingerprint density at radius 2 is 1.94 bits per heavy atom. The van der Waals surface area contributed by atoms with Crippen molar-refractivity contribution in [1.29, 1.82) is 0 Å². The van der Waals surface area contributed by atoms with Crippen LogP contribution in [0.1, 0.15) is 21.9 Å². The molecule has 18 heavy (non-hydrogen) atoms. The van der Waals surface area contributed by atoms with Crippen LogP contribution in [-0.2, 0) is 17.8 Å². The average molecular weight is 246 g/mol. The van der Waals surface area contributed by atoms with Gasteiger partial charge in [-0.3, -0.25) is 0 Å². The van der Waals surface area contributed by atoms with Gasteiger partial charge in [-0.05, 0) is 24.1 Å². The molecule has 0 fully saturated rings. The molecule has 0 saturated carbocycles. The van der Waals surface area contributed by atoms with Crippen molar-refractivity contribution in [3.8, 4) is 0 Å². The molecule has 0 aliphatic heterocycles. The summed E-state index contributed by atoms with van der Waals surface area (Å²) in [5, 5.41) is 8.68. The van der Waals surface area contributed by atoms with Crippen molar-refractivity contribution in [3.05, 3.63) is 59.5 Å². The van der Waals surface area contributed by atoms with Crippen molar-refractivity contribution in [2.45, 2.75) is 13.0 Å². The molecule has 0 aliphatic carbocycles. The maximum absolute atomic E-state index is 10.6. The van der Waals surface area contributed by atoms with Gasteiger partial charge >= 0.3 is 5.97 Å². The van der Waals surface area contributed by atoms with E-state index < -0.39 is 5.97 Å². The first kappa shape index (κ1) is 12.4. The fourth-order valence-electron chi connectivity index (χ4n) is 1.58. The fourth-order valence-corrected chi connectivity index (χ4v) is 1.58. The standard InChI is InChI=1S/C14H14O4/c15-14(16)13-7-6-12(18-13)10-17-9-8-11-4-2-1-3-5-11/h1-7H,8-10H2,(H,15,16). The van der Waals surface area contributed by atoms with Gasteiger partial charge in [0.2, 0.25) is 5.76 Å². The lowest BCUT2D eigenvalue weighted by atomic mass is 10.2. The van der Waals surface area contributed by atoms with E-state index >= 15 is 0 Å². The molecule has 4 nitrogen and oxygen atoms in total. The van der Waals surface area contributed by atoms with Gasteiger partial charge in [-0.25, -0.2) is 4.79 Å². The molecular formula is C14H14O4. The summed E-state index contributed by atoms with van der Waals surface area (Å²) in [4.78, 5) is 10.6. The molecule has 4 heteroatoms. The van der Waals surface area contributed by atoms with Crippen molar-refractivity contribution >= 4 is 5.97 Å². The minimum absolute atomic E-state index is 0.0586. The molecule has 1 N–H and O–H groups in total. The summed E-state index contributed by atoms with van der Waals surface area (Å²) in [7, 11) is 0. The lowest BCUT2D eigenvalue weighted by Gasteiger charge is -2.02. The smallest absolute Gasteiger partial charge is 0.371 e. The van der Waals surface area contributed by atoms with E-state index in [0.717, 1.165) is 6.42 Å². The topological polar surface area (TPSA) is 59.7 Å². The van der Waals surface area contributed by atoms with Crippen molar-refractivity contribution in [2.75, 3.05) is 6.61 Å². The first-order valence-electron chi connectivity index (χ1n) is 5.69. The first-order chi connectivity index (χ1) is 8.75. The Kier molecular flexibility index (Phi) is 4.15. The summed E-state index contributed by atoms with van der Waals surface area (Å²) in [6, 6.07) is 13.1. The zero-order valence-electron chi connectivity index (χ0n) is 9.83. The van der Waals surface area contributed by atoms with E-state index in [2.05, 4.69) is 0 Å². The van der Waals surface area contributed by atoms with Gasteiger partial charge in [-0.15, -0.1) is 0 Å². The van der Waals surface area contributed by atoms with E-state index in [1.165, 1.54) is 11.6 Å². The molecule has 0 bridgehead atoms. The predicted molar refractivity (Wildman–Crippen MR) is 65.5 cm³/mol. The number of carboxylic acids is 1. The quantitative estimate of drug-likeness (QED) is 0.796. The third-order valence-electron chi connectivity index (χ3n) is 2.49. The number of rotatable bonds is 6. The van der Waals surface area contributed by atoms with E-state index in [-0.39, 0.29) is 5.76 Å². The van der Waals surface area contributed by atoms with Crippen LogP contribution in [0.4, 0.5) is 0 Å². The number of hydrogen-bond donors (Lipinski definition) is 1. The van der Waals surface area contributed by atoms with Gasteiger partial charge in [-0.1, -0.05) is 30.3 Å². The van der Waals surface area contributed by atoms with Gasteiger partial charge in [0.25, 0.3) is 0 Å². The number of carboxylic acid groups (broad SMARTS) is 1. The second kappa shape index (κ2) is 6.02. The normalized spacial score (nSPS) is 10.4. The Morgan fingerprint density at radius 1 is 1.17 bits per heavy atom. The molecule has 0 unspecified atom stereocenters. The Morgan fingerprint density at radius 3 is 2.61 bits per heavy atom. The number of ether oxygens (including phenoxy) is 1. The summed E-state index contributed by atoms with van der Waals surface area (Å²) >= 11 is 0. The maximum Gasteiger partial charge on any atom is 0.371 e. The fraction of sp³-hybridized carbons (Fsp3) is 0.214. The molecule has 94 valence electrons. The molecule has 0 saturated heterocycles. The molecule has 2 aromatic rings. The molecule has 0 atom stereocenters. The van der Waals surface area contributed by atoms with Gasteiger partial charge in [0.15, 0.2) is 0 Å². The monoisotopic (exact) mass is 246 g/mol. The molecule has 2 rings (SSSR count). The van der Waals surface area contributed by atoms with Crippen molar-refractivity contribution < 1.29 is 19.1 Å². The summed E-state index contributed by atoms with van der Waals surface area (Å²) in [5.41, 5.74) is 1.21. The third-order valence-corrected chi connectivity index (χ3v) is 2.49. The Labute approximate surface area is 105 Å². The van der Waals surface area contributed by atoms with E-state index in [9.17, 15) is 4.79 Å². The van der Waals surface area contributed by atoms with Gasteiger partial charge in [0.05, 0.1) is 6.61 Å². The van der Waals surface area contributed by atoms with Gasteiger partial charge in [0, 0.05) is 0 Å². The minimum Gasteiger partial charge on any atom is -0.475 e. The van der Waals surface area contributed by atoms with Crippen LogP contribution in [0.2, 0.25) is 0 Å². The van der Waals surface area contributed by atoms with E-state index in [1.54, 1.807) is 6.07 Å². The van der Waals surface area contributed by atoms with E-state index in [1.807, 2.05) is 30.3 Å². The van der Waals surface area contributed by atoms with Gasteiger partial charge in [0.1, 0.15) is 12.4 Å². The molecule has 1 heterocycles. The molecular weight excluding hydrogens is 232 g/mol. The third kappa shape index (κ3) is 3.46. The summed E-state index contributed by atoms with van der Waals surface area (Å²) in [6.07, 6.45) is 0.827. The number of aromatic carboxylic acids is 1. The van der Waals surface area contributed by atoms with E-state index in [0.29, 0.717) is 19.0 Å². The van der Waals surface area contributed by atoms with Crippen molar-refractivity contribution in [2.24, 2.45) is 0 Å². The van der Waals surface area contributed by atoms with Crippen molar-refractivity contribution in [3.63, 3.8) is 0 Å². The Bertz CT molecular complexity index is 502. The number of benzene rings is 1. The second-order valence-electron chi connectivity index (χ2n) is 3.86. The highest BCUT2D eigenvalue weighted by Gasteiger charge is 2.08. The van der Waals surface area contributed by atoms with Crippen LogP contribution in [0.3, 0.4) is 0 Å². The van der Waals surface area contributed by atoms with Crippen molar-refractivity contribution in [1.82, 2.24) is 0 Å². The van der Waals surface area contributed by atoms with Gasteiger partial charge < -0.3 is 14.3 Å². The molecule has 0 aliphatic rings. The minimum atomic E-state index is -1.06. The molecule has 0 radical (unpaired) electrons. The lowest BCUT2D eigenvalue weighted by molar-refractivity contribution is 0.0648. The Balaban J connectivity index is 1.73. The SMILES string of the molecule is O=C(O)c1ccc(COCCc2ccccc2)o1. The molecule has 1 aromatic heterocycles. The molecule has 1 aromatic carbocycles. The van der Waals surface area contributed by atoms with Crippen LogP contribution < -0.4 is 0 Å². The van der Waals surface area contributed by atoms with Crippen LogP contribution in [-0.4, -0.2) is 17.7 Å². The molecule has 0 amide bonds. The van der Waals surface area contributed by atoms with Crippen LogP contribution in [0.5, 0.6) is 0 Å². The number of carbonyl (C=O) groups is 1. The second-order valence-corrected chi connectivity index (χ2v) is 3.86. The highest BCUT2D eigenvalue weighted by Crippen LogP contribution is 2.09. The Hall–Kier alpha value is -2.07. The zero-order chi connectivity index (χ0) is 12.8. The predicted octanol–water partition coefficient (Wildman–Crippen LogP) is 2.74. The van der Waals surface area contributed by atoms with Crippen LogP contribution in [0, 0.1) is 0 Å². The summed E-state index contributed by atoms with van der Waals surface area (Å²) in [5.74, 6) is -0.595. The highest BCUT2D eigenvalue weighted by atomic mass is 16.5. The molecule has 0 spiro atoms. The van der Waals surface area contributed by atoms with E-state index in [4.69, 9.17) is 14.3 Å². The summed E-state index contributed by atoms with van der Waals surface area (Å²) in [6.45, 7) is 0.868. The summed E-state index contributed by atoms with van der Waals surface area (Å²) < 4.78 is 10.5. The lowest BCUT2D eigenvalue weighted by Crippen LogP contribution is -1.98. The highest BCUT2D eigenvalue weighted by molar-refractivity contribution is 5.84. The zero-order valence-corrected chi connectivity index (χ0v) is 9.83. The average Bonchev–Trinajstić information content (AvgIpc) is 2.85. The first-order valence-corrected chi connectivity index (χ1v) is 5.69. The van der Waals surface area contributed by atoms with Gasteiger partial charge in [-0.2, -0.15) is 0 Å². The van der Waals surface area contributed by atoms with Crippen LogP contribution >= 0.6 is 0 Å². The van der Waals surface area contributed by atoms with Crippen LogP contribution in [0.15, 0.2) is 46.9 Å². The number of furan rings is 1. The van der Waals surface area contributed by atoms with Crippen LogP contribution in [0.25, 0.3) is 0 Å². The number of hydrogen-bond acceptors (Lipinski definition) is 3.